The number of anilines is 1. The molecule has 2 amide bonds. The van der Waals surface area contributed by atoms with Gasteiger partial charge in [0.2, 0.25) is 0 Å². The molecule has 2 aliphatic rings. The van der Waals surface area contributed by atoms with Gasteiger partial charge in [-0.3, -0.25) is 14.4 Å². The van der Waals surface area contributed by atoms with Gasteiger partial charge in [-0.25, -0.2) is 9.78 Å². The van der Waals surface area contributed by atoms with Crippen LogP contribution in [0.3, 0.4) is 0 Å². The van der Waals surface area contributed by atoms with Gasteiger partial charge in [-0.15, -0.1) is 0 Å². The minimum atomic E-state index is -4.66. The van der Waals surface area contributed by atoms with E-state index in [1.54, 1.807) is 17.0 Å². The monoisotopic (exact) mass is 574 g/mol. The van der Waals surface area contributed by atoms with Crippen LogP contribution in [0.1, 0.15) is 55.8 Å². The van der Waals surface area contributed by atoms with Crippen molar-refractivity contribution in [1.29, 1.82) is 0 Å². The van der Waals surface area contributed by atoms with Crippen molar-refractivity contribution < 1.29 is 32.2 Å². The Morgan fingerprint density at radius 3 is 2.39 bits per heavy atom. The van der Waals surface area contributed by atoms with Gasteiger partial charge in [-0.05, 0) is 51.8 Å². The Kier molecular flexibility index (Phi) is 7.58. The second-order valence-corrected chi connectivity index (χ2v) is 11.4. The molecule has 0 bridgehead atoms. The fraction of sp³-hybridized carbons (Fsp3) is 0.500. The number of fused-ring (bicyclic) bond motifs is 1. The summed E-state index contributed by atoms with van der Waals surface area (Å²) in [6.07, 6.45) is -1.25. The SMILES string of the molecule is COc1cc2nn(C3CCN(C4CN(C(=O)OC(C)(C)C)C4)CC3)cc2cc1NC(=O)c1cccc(C(F)(F)F)n1. The Labute approximate surface area is 235 Å². The average Bonchev–Trinajstić information content (AvgIpc) is 3.29. The first-order valence-electron chi connectivity index (χ1n) is 13.5. The van der Waals surface area contributed by atoms with Gasteiger partial charge >= 0.3 is 12.3 Å². The second-order valence-electron chi connectivity index (χ2n) is 11.4. The number of nitrogens with zero attached hydrogens (tertiary/aromatic N) is 5. The van der Waals surface area contributed by atoms with Crippen LogP contribution in [0.15, 0.2) is 36.5 Å². The molecule has 1 N–H and O–H groups in total. The third kappa shape index (κ3) is 6.39. The summed E-state index contributed by atoms with van der Waals surface area (Å²) < 4.78 is 51.9. The highest BCUT2D eigenvalue weighted by Gasteiger charge is 2.38. The summed E-state index contributed by atoms with van der Waals surface area (Å²) >= 11 is 0. The van der Waals surface area contributed by atoms with E-state index in [2.05, 4.69) is 15.2 Å². The number of amides is 2. The topological polar surface area (TPSA) is 102 Å². The molecule has 13 heteroatoms. The molecule has 0 atom stereocenters. The molecule has 0 saturated carbocycles. The lowest BCUT2D eigenvalue weighted by Crippen LogP contribution is -2.62. The summed E-state index contributed by atoms with van der Waals surface area (Å²) in [5.74, 6) is -0.452. The lowest BCUT2D eigenvalue weighted by molar-refractivity contribution is -0.141. The maximum Gasteiger partial charge on any atom is 0.433 e. The number of alkyl halides is 3. The molecule has 4 heterocycles. The Bertz CT molecular complexity index is 1440. The number of aromatic nitrogens is 3. The van der Waals surface area contributed by atoms with Gasteiger partial charge in [-0.2, -0.15) is 18.3 Å². The molecule has 0 aliphatic carbocycles. The van der Waals surface area contributed by atoms with E-state index in [4.69, 9.17) is 14.6 Å². The molecule has 220 valence electrons. The Hall–Kier alpha value is -3.87. The normalized spacial score (nSPS) is 17.4. The molecule has 0 unspecified atom stereocenters. The molecular formula is C28H33F3N6O4. The molecule has 2 aromatic heterocycles. The number of likely N-dealkylation sites (tertiary alicyclic amines) is 2. The molecule has 1 aromatic carbocycles. The van der Waals surface area contributed by atoms with Crippen molar-refractivity contribution in [2.45, 2.75) is 57.5 Å². The zero-order valence-electron chi connectivity index (χ0n) is 23.4. The maximum atomic E-state index is 13.0. The molecule has 3 aromatic rings. The Morgan fingerprint density at radius 1 is 1.05 bits per heavy atom. The number of hydrogen-bond donors (Lipinski definition) is 1. The van der Waals surface area contributed by atoms with Gasteiger partial charge in [0.1, 0.15) is 22.7 Å². The fourth-order valence-corrected chi connectivity index (χ4v) is 5.11. The van der Waals surface area contributed by atoms with Crippen LogP contribution < -0.4 is 10.1 Å². The number of hydrogen-bond acceptors (Lipinski definition) is 7. The predicted molar refractivity (Wildman–Crippen MR) is 145 cm³/mol. The number of carbonyl (C=O) groups is 2. The first-order chi connectivity index (χ1) is 19.3. The Balaban J connectivity index is 1.22. The van der Waals surface area contributed by atoms with E-state index in [0.717, 1.165) is 43.5 Å². The minimum Gasteiger partial charge on any atom is -0.494 e. The lowest BCUT2D eigenvalue weighted by atomic mass is 10.00. The van der Waals surface area contributed by atoms with Crippen LogP contribution in [0, 0.1) is 0 Å². The van der Waals surface area contributed by atoms with E-state index < -0.39 is 23.4 Å². The lowest BCUT2D eigenvalue weighted by Gasteiger charge is -2.47. The fourth-order valence-electron chi connectivity index (χ4n) is 5.11. The van der Waals surface area contributed by atoms with Gasteiger partial charge in [0.15, 0.2) is 0 Å². The largest absolute Gasteiger partial charge is 0.494 e. The summed E-state index contributed by atoms with van der Waals surface area (Å²) in [5.41, 5.74) is -1.03. The first-order valence-corrected chi connectivity index (χ1v) is 13.5. The number of rotatable bonds is 5. The number of benzene rings is 1. The molecule has 2 saturated heterocycles. The summed E-state index contributed by atoms with van der Waals surface area (Å²) in [4.78, 5) is 32.6. The molecular weight excluding hydrogens is 541 g/mol. The van der Waals surface area contributed by atoms with Crippen LogP contribution in [-0.4, -0.2) is 81.5 Å². The number of ether oxygens (including phenoxy) is 2. The molecule has 41 heavy (non-hydrogen) atoms. The van der Waals surface area contributed by atoms with Crippen LogP contribution in [-0.2, 0) is 10.9 Å². The smallest absolute Gasteiger partial charge is 0.433 e. The quantitative estimate of drug-likeness (QED) is 0.459. The summed E-state index contributed by atoms with van der Waals surface area (Å²) in [7, 11) is 1.44. The number of piperidine rings is 1. The first kappa shape index (κ1) is 28.7. The molecule has 5 rings (SSSR count). The van der Waals surface area contributed by atoms with Gasteiger partial charge in [-0.1, -0.05) is 6.07 Å². The standard InChI is InChI=1S/C28H33F3N6O4/c1-27(2,3)41-26(39)36-15-19(16-36)35-10-8-18(9-11-35)37-14-17-12-22(23(40-4)13-21(17)34-37)33-25(38)20-6-5-7-24(32-20)28(29,30)31/h5-7,12-14,18-19H,8-11,15-16H2,1-4H3,(H,33,38). The van der Waals surface area contributed by atoms with Gasteiger partial charge in [0.25, 0.3) is 5.91 Å². The van der Waals surface area contributed by atoms with E-state index in [0.29, 0.717) is 36.1 Å². The van der Waals surface area contributed by atoms with E-state index in [1.807, 2.05) is 31.6 Å². The molecule has 2 aliphatic heterocycles. The number of pyridine rings is 1. The van der Waals surface area contributed by atoms with Crippen LogP contribution in [0.2, 0.25) is 0 Å². The van der Waals surface area contributed by atoms with Crippen molar-refractivity contribution in [2.75, 3.05) is 38.6 Å². The van der Waals surface area contributed by atoms with Crippen molar-refractivity contribution in [3.05, 3.63) is 47.9 Å². The molecule has 0 spiro atoms. The highest BCUT2D eigenvalue weighted by molar-refractivity contribution is 6.05. The van der Waals surface area contributed by atoms with E-state index in [9.17, 15) is 22.8 Å². The minimum absolute atomic E-state index is 0.180. The van der Waals surface area contributed by atoms with Crippen LogP contribution in [0.5, 0.6) is 5.75 Å². The number of nitrogens with one attached hydrogen (secondary N) is 1. The number of carbonyl (C=O) groups excluding carboxylic acids is 2. The average molecular weight is 575 g/mol. The number of halogens is 3. The highest BCUT2D eigenvalue weighted by Crippen LogP contribution is 2.33. The van der Waals surface area contributed by atoms with Crippen molar-refractivity contribution in [3.63, 3.8) is 0 Å². The van der Waals surface area contributed by atoms with E-state index in [-0.39, 0.29) is 17.8 Å². The zero-order valence-corrected chi connectivity index (χ0v) is 23.4. The molecule has 0 radical (unpaired) electrons. The number of methoxy groups -OCH3 is 1. The molecule has 10 nitrogen and oxygen atoms in total. The van der Waals surface area contributed by atoms with Gasteiger partial charge in [0, 0.05) is 49.9 Å². The Morgan fingerprint density at radius 2 is 1.76 bits per heavy atom. The van der Waals surface area contributed by atoms with E-state index >= 15 is 0 Å². The highest BCUT2D eigenvalue weighted by atomic mass is 19.4. The predicted octanol–water partition coefficient (Wildman–Crippen LogP) is 4.97. The van der Waals surface area contributed by atoms with Crippen LogP contribution >= 0.6 is 0 Å². The summed E-state index contributed by atoms with van der Waals surface area (Å²) in [6.45, 7) is 8.65. The van der Waals surface area contributed by atoms with Crippen LogP contribution in [0.25, 0.3) is 10.9 Å². The van der Waals surface area contributed by atoms with Gasteiger partial charge in [0.05, 0.1) is 24.4 Å². The molecule has 2 fully saturated rings. The third-order valence-corrected chi connectivity index (χ3v) is 7.27. The van der Waals surface area contributed by atoms with Crippen molar-refractivity contribution >= 4 is 28.6 Å². The maximum absolute atomic E-state index is 13.0. The van der Waals surface area contributed by atoms with E-state index in [1.165, 1.54) is 13.2 Å². The van der Waals surface area contributed by atoms with Crippen molar-refractivity contribution in [1.82, 2.24) is 24.6 Å². The van der Waals surface area contributed by atoms with Gasteiger partial charge < -0.3 is 19.7 Å². The summed E-state index contributed by atoms with van der Waals surface area (Å²) in [6, 6.07) is 7.06. The van der Waals surface area contributed by atoms with Crippen molar-refractivity contribution in [3.8, 4) is 5.75 Å². The van der Waals surface area contributed by atoms with Crippen LogP contribution in [0.4, 0.5) is 23.7 Å². The zero-order chi connectivity index (χ0) is 29.5. The summed E-state index contributed by atoms with van der Waals surface area (Å²) in [5, 5.41) is 8.11. The van der Waals surface area contributed by atoms with Crippen molar-refractivity contribution in [2.24, 2.45) is 0 Å². The second kappa shape index (κ2) is 10.8. The third-order valence-electron chi connectivity index (χ3n) is 7.27.